The molecule has 3 heteroatoms. The molecule has 0 saturated heterocycles. The molecule has 0 aromatic heterocycles. The third kappa shape index (κ3) is 3.70. The molecule has 116 valence electrons. The van der Waals surface area contributed by atoms with Gasteiger partial charge >= 0.3 is 0 Å². The zero-order chi connectivity index (χ0) is 14.7. The highest BCUT2D eigenvalue weighted by atomic mass is 16.6. The maximum atomic E-state index is 5.67. The Kier molecular flexibility index (Phi) is 4.69. The van der Waals surface area contributed by atoms with Crippen LogP contribution in [-0.4, -0.2) is 19.8 Å². The molecular formula is C18H27NO2. The van der Waals surface area contributed by atoms with Gasteiger partial charge in [-0.15, -0.1) is 0 Å². The number of ether oxygens (including phenoxy) is 2. The van der Waals surface area contributed by atoms with Crippen LogP contribution in [0.25, 0.3) is 0 Å². The number of benzene rings is 1. The summed E-state index contributed by atoms with van der Waals surface area (Å²) in [6, 6.07) is 6.66. The number of hydrogen-bond donors (Lipinski definition) is 1. The summed E-state index contributed by atoms with van der Waals surface area (Å²) in [7, 11) is 0. The molecular weight excluding hydrogens is 262 g/mol. The van der Waals surface area contributed by atoms with Gasteiger partial charge in [-0.1, -0.05) is 25.8 Å². The van der Waals surface area contributed by atoms with E-state index in [9.17, 15) is 0 Å². The summed E-state index contributed by atoms with van der Waals surface area (Å²) in [5, 5.41) is 3.69. The van der Waals surface area contributed by atoms with Gasteiger partial charge in [0.05, 0.1) is 0 Å². The molecule has 1 heterocycles. The van der Waals surface area contributed by atoms with E-state index in [1.54, 1.807) is 0 Å². The molecule has 0 spiro atoms. The van der Waals surface area contributed by atoms with Crippen LogP contribution in [0.5, 0.6) is 11.5 Å². The van der Waals surface area contributed by atoms with Crippen molar-refractivity contribution in [3.63, 3.8) is 0 Å². The Bertz CT molecular complexity index is 466. The monoisotopic (exact) mass is 289 g/mol. The van der Waals surface area contributed by atoms with Crippen LogP contribution in [0.3, 0.4) is 0 Å². The second kappa shape index (κ2) is 6.69. The Morgan fingerprint density at radius 1 is 1.10 bits per heavy atom. The van der Waals surface area contributed by atoms with Gasteiger partial charge in [-0.25, -0.2) is 0 Å². The largest absolute Gasteiger partial charge is 0.486 e. The average Bonchev–Trinajstić information content (AvgIpc) is 2.53. The van der Waals surface area contributed by atoms with Crippen LogP contribution in [0.2, 0.25) is 0 Å². The number of rotatable bonds is 4. The predicted octanol–water partition coefficient (Wildman–Crippen LogP) is 3.93. The zero-order valence-corrected chi connectivity index (χ0v) is 13.2. The smallest absolute Gasteiger partial charge is 0.161 e. The fourth-order valence-electron chi connectivity index (χ4n) is 3.32. The quantitative estimate of drug-likeness (QED) is 0.911. The molecule has 21 heavy (non-hydrogen) atoms. The molecule has 3 rings (SSSR count). The highest BCUT2D eigenvalue weighted by Crippen LogP contribution is 2.33. The fraction of sp³-hybridized carbons (Fsp3) is 0.667. The van der Waals surface area contributed by atoms with E-state index in [1.165, 1.54) is 31.2 Å². The summed E-state index contributed by atoms with van der Waals surface area (Å²) in [6.07, 6.45) is 5.54. The summed E-state index contributed by atoms with van der Waals surface area (Å²) in [4.78, 5) is 0. The molecule has 1 N–H and O–H groups in total. The van der Waals surface area contributed by atoms with Crippen LogP contribution >= 0.6 is 0 Å². The third-order valence-corrected chi connectivity index (χ3v) is 4.91. The van der Waals surface area contributed by atoms with Crippen molar-refractivity contribution in [2.24, 2.45) is 11.8 Å². The fourth-order valence-corrected chi connectivity index (χ4v) is 3.32. The molecule has 1 fully saturated rings. The Morgan fingerprint density at radius 3 is 2.57 bits per heavy atom. The van der Waals surface area contributed by atoms with Gasteiger partial charge in [0.15, 0.2) is 11.5 Å². The Labute approximate surface area is 128 Å². The van der Waals surface area contributed by atoms with Gasteiger partial charge in [-0.3, -0.25) is 0 Å². The van der Waals surface area contributed by atoms with E-state index < -0.39 is 0 Å². The summed E-state index contributed by atoms with van der Waals surface area (Å²) in [5.41, 5.74) is 1.28. The molecule has 2 aliphatic rings. The van der Waals surface area contributed by atoms with Gasteiger partial charge in [0.1, 0.15) is 13.2 Å². The standard InChI is InChI=1S/C18H27NO2/c1-13-3-5-15(6-4-13)12-19-14(2)16-7-8-17-18(11-16)21-10-9-20-17/h7-8,11,13-15,19H,3-6,9-10,12H2,1-2H3. The van der Waals surface area contributed by atoms with Gasteiger partial charge in [-0.05, 0) is 55.8 Å². The van der Waals surface area contributed by atoms with Crippen molar-refractivity contribution in [1.82, 2.24) is 5.32 Å². The second-order valence-electron chi connectivity index (χ2n) is 6.66. The molecule has 1 aromatic rings. The topological polar surface area (TPSA) is 30.5 Å². The van der Waals surface area contributed by atoms with Crippen LogP contribution in [0.15, 0.2) is 18.2 Å². The first kappa shape index (κ1) is 14.7. The summed E-state index contributed by atoms with van der Waals surface area (Å²) >= 11 is 0. The molecule has 0 amide bonds. The zero-order valence-electron chi connectivity index (χ0n) is 13.2. The van der Waals surface area contributed by atoms with E-state index in [4.69, 9.17) is 9.47 Å². The van der Waals surface area contributed by atoms with E-state index in [-0.39, 0.29) is 0 Å². The van der Waals surface area contributed by atoms with Crippen LogP contribution in [0, 0.1) is 11.8 Å². The van der Waals surface area contributed by atoms with Gasteiger partial charge < -0.3 is 14.8 Å². The molecule has 1 saturated carbocycles. The second-order valence-corrected chi connectivity index (χ2v) is 6.66. The van der Waals surface area contributed by atoms with Crippen LogP contribution in [0.1, 0.15) is 51.1 Å². The van der Waals surface area contributed by atoms with E-state index >= 15 is 0 Å². The van der Waals surface area contributed by atoms with Crippen molar-refractivity contribution in [2.45, 2.75) is 45.6 Å². The lowest BCUT2D eigenvalue weighted by Crippen LogP contribution is -2.28. The lowest BCUT2D eigenvalue weighted by Gasteiger charge is -2.28. The molecule has 0 bridgehead atoms. The third-order valence-electron chi connectivity index (χ3n) is 4.91. The molecule has 1 aliphatic heterocycles. The lowest BCUT2D eigenvalue weighted by molar-refractivity contribution is 0.171. The van der Waals surface area contributed by atoms with Crippen molar-refractivity contribution >= 4 is 0 Å². The summed E-state index contributed by atoms with van der Waals surface area (Å²) in [6.45, 7) is 7.04. The average molecular weight is 289 g/mol. The molecule has 1 unspecified atom stereocenters. The first-order valence-corrected chi connectivity index (χ1v) is 8.35. The Morgan fingerprint density at radius 2 is 1.81 bits per heavy atom. The molecule has 0 radical (unpaired) electrons. The van der Waals surface area contributed by atoms with E-state index in [0.717, 1.165) is 29.9 Å². The normalized spacial score (nSPS) is 26.4. The lowest BCUT2D eigenvalue weighted by atomic mass is 9.83. The Balaban J connectivity index is 1.54. The van der Waals surface area contributed by atoms with Crippen molar-refractivity contribution in [2.75, 3.05) is 19.8 Å². The van der Waals surface area contributed by atoms with E-state index in [2.05, 4.69) is 31.3 Å². The van der Waals surface area contributed by atoms with Crippen LogP contribution in [0.4, 0.5) is 0 Å². The van der Waals surface area contributed by atoms with Crippen molar-refractivity contribution in [3.8, 4) is 11.5 Å². The highest BCUT2D eigenvalue weighted by Gasteiger charge is 2.19. The van der Waals surface area contributed by atoms with Crippen molar-refractivity contribution in [3.05, 3.63) is 23.8 Å². The van der Waals surface area contributed by atoms with Crippen molar-refractivity contribution in [1.29, 1.82) is 0 Å². The first-order chi connectivity index (χ1) is 10.2. The van der Waals surface area contributed by atoms with Crippen LogP contribution < -0.4 is 14.8 Å². The van der Waals surface area contributed by atoms with E-state index in [0.29, 0.717) is 19.3 Å². The summed E-state index contributed by atoms with van der Waals surface area (Å²) < 4.78 is 11.2. The van der Waals surface area contributed by atoms with E-state index in [1.807, 2.05) is 6.07 Å². The van der Waals surface area contributed by atoms with Crippen LogP contribution in [-0.2, 0) is 0 Å². The van der Waals surface area contributed by atoms with Gasteiger partial charge in [-0.2, -0.15) is 0 Å². The number of fused-ring (bicyclic) bond motifs is 1. The van der Waals surface area contributed by atoms with Gasteiger partial charge in [0.25, 0.3) is 0 Å². The molecule has 1 atom stereocenters. The predicted molar refractivity (Wildman–Crippen MR) is 85.0 cm³/mol. The highest BCUT2D eigenvalue weighted by molar-refractivity contribution is 5.44. The maximum absolute atomic E-state index is 5.67. The maximum Gasteiger partial charge on any atom is 0.161 e. The minimum absolute atomic E-state index is 0.361. The molecule has 1 aliphatic carbocycles. The first-order valence-electron chi connectivity index (χ1n) is 8.35. The summed E-state index contributed by atoms with van der Waals surface area (Å²) in [5.74, 6) is 3.54. The minimum Gasteiger partial charge on any atom is -0.486 e. The Hall–Kier alpha value is -1.22. The SMILES string of the molecule is CC1CCC(CNC(C)c2ccc3c(c2)OCCO3)CC1. The number of hydrogen-bond acceptors (Lipinski definition) is 3. The minimum atomic E-state index is 0.361. The van der Waals surface area contributed by atoms with Gasteiger partial charge in [0, 0.05) is 6.04 Å². The van der Waals surface area contributed by atoms with Crippen molar-refractivity contribution < 1.29 is 9.47 Å². The van der Waals surface area contributed by atoms with Gasteiger partial charge in [0.2, 0.25) is 0 Å². The molecule has 1 aromatic carbocycles. The number of nitrogens with one attached hydrogen (secondary N) is 1. The molecule has 3 nitrogen and oxygen atoms in total.